The number of nitrogens with zero attached hydrogens (tertiary/aromatic N) is 4. The van der Waals surface area contributed by atoms with E-state index in [1.165, 1.54) is 36.7 Å². The van der Waals surface area contributed by atoms with Crippen LogP contribution < -0.4 is 10.1 Å². The number of ether oxygens (including phenoxy) is 1. The molecule has 0 aliphatic heterocycles. The van der Waals surface area contributed by atoms with Crippen molar-refractivity contribution in [1.82, 2.24) is 15.0 Å². The molecule has 0 aliphatic carbocycles. The van der Waals surface area contributed by atoms with Crippen molar-refractivity contribution in [2.45, 2.75) is 0 Å². The third kappa shape index (κ3) is 3.70. The van der Waals surface area contributed by atoms with Crippen molar-refractivity contribution in [3.05, 3.63) is 70.8 Å². The minimum Gasteiger partial charge on any atom is -0.478 e. The first-order valence-corrected chi connectivity index (χ1v) is 7.22. The molecule has 2 aromatic heterocycles. The van der Waals surface area contributed by atoms with Crippen molar-refractivity contribution >= 4 is 23.2 Å². The molecular formula is C16H11N5O5. The zero-order valence-corrected chi connectivity index (χ0v) is 13.1. The normalized spacial score (nSPS) is 10.2. The summed E-state index contributed by atoms with van der Waals surface area (Å²) in [5.74, 6) is -1.13. The fourth-order valence-corrected chi connectivity index (χ4v) is 2.05. The molecule has 0 fully saturated rings. The van der Waals surface area contributed by atoms with E-state index in [1.807, 2.05) is 0 Å². The maximum Gasteiger partial charge on any atom is 0.373 e. The molecule has 26 heavy (non-hydrogen) atoms. The van der Waals surface area contributed by atoms with Gasteiger partial charge in [0.15, 0.2) is 0 Å². The Balaban J connectivity index is 1.92. The van der Waals surface area contributed by atoms with Crippen molar-refractivity contribution in [3.63, 3.8) is 0 Å². The fourth-order valence-electron chi connectivity index (χ4n) is 2.05. The number of carboxylic acids is 1. The molecule has 0 saturated heterocycles. The van der Waals surface area contributed by atoms with Crippen molar-refractivity contribution in [1.29, 1.82) is 0 Å². The average molecular weight is 353 g/mol. The van der Waals surface area contributed by atoms with Crippen LogP contribution in [0.4, 0.5) is 17.2 Å². The van der Waals surface area contributed by atoms with Gasteiger partial charge in [-0.05, 0) is 36.4 Å². The molecule has 130 valence electrons. The van der Waals surface area contributed by atoms with E-state index in [-0.39, 0.29) is 23.0 Å². The Hall–Kier alpha value is -4.08. The SMILES string of the molecule is O=C(O)c1ccc(Nc2ncnc(Oc3cccnc3)c2[N+](=O)[O-])cc1. The van der Waals surface area contributed by atoms with Gasteiger partial charge in [0.25, 0.3) is 0 Å². The number of hydrogen-bond donors (Lipinski definition) is 2. The van der Waals surface area contributed by atoms with Gasteiger partial charge in [0.05, 0.1) is 16.7 Å². The summed E-state index contributed by atoms with van der Waals surface area (Å²) >= 11 is 0. The Kier molecular flexibility index (Phi) is 4.65. The van der Waals surface area contributed by atoms with Crippen LogP contribution in [0.15, 0.2) is 55.1 Å². The number of benzene rings is 1. The Bertz CT molecular complexity index is 947. The summed E-state index contributed by atoms with van der Waals surface area (Å²) in [4.78, 5) is 33.3. The molecule has 0 saturated carbocycles. The van der Waals surface area contributed by atoms with Crippen LogP contribution in [0.3, 0.4) is 0 Å². The van der Waals surface area contributed by atoms with Crippen LogP contribution >= 0.6 is 0 Å². The molecule has 10 nitrogen and oxygen atoms in total. The van der Waals surface area contributed by atoms with E-state index in [0.717, 1.165) is 6.33 Å². The average Bonchev–Trinajstić information content (AvgIpc) is 2.63. The van der Waals surface area contributed by atoms with Gasteiger partial charge in [0.1, 0.15) is 12.1 Å². The van der Waals surface area contributed by atoms with Crippen molar-refractivity contribution < 1.29 is 19.6 Å². The van der Waals surface area contributed by atoms with Crippen LogP contribution in [0.1, 0.15) is 10.4 Å². The summed E-state index contributed by atoms with van der Waals surface area (Å²) in [6.07, 6.45) is 4.05. The molecule has 0 atom stereocenters. The summed E-state index contributed by atoms with van der Waals surface area (Å²) in [6, 6.07) is 8.87. The highest BCUT2D eigenvalue weighted by Crippen LogP contribution is 2.35. The number of nitro groups is 1. The summed E-state index contributed by atoms with van der Waals surface area (Å²) < 4.78 is 5.43. The van der Waals surface area contributed by atoms with E-state index >= 15 is 0 Å². The number of aromatic carboxylic acids is 1. The number of aromatic nitrogens is 3. The van der Waals surface area contributed by atoms with Crippen LogP contribution in [0.5, 0.6) is 11.6 Å². The van der Waals surface area contributed by atoms with E-state index in [2.05, 4.69) is 20.3 Å². The van der Waals surface area contributed by atoms with Gasteiger partial charge in [-0.2, -0.15) is 4.98 Å². The number of nitrogens with one attached hydrogen (secondary N) is 1. The van der Waals surface area contributed by atoms with E-state index in [0.29, 0.717) is 5.69 Å². The molecule has 2 N–H and O–H groups in total. The van der Waals surface area contributed by atoms with Crippen LogP contribution in [0.25, 0.3) is 0 Å². The van der Waals surface area contributed by atoms with E-state index in [9.17, 15) is 14.9 Å². The quantitative estimate of drug-likeness (QED) is 0.505. The largest absolute Gasteiger partial charge is 0.478 e. The third-order valence-corrected chi connectivity index (χ3v) is 3.21. The predicted molar refractivity (Wildman–Crippen MR) is 89.7 cm³/mol. The highest BCUT2D eigenvalue weighted by atomic mass is 16.6. The molecule has 1 aromatic carbocycles. The van der Waals surface area contributed by atoms with Gasteiger partial charge in [-0.25, -0.2) is 9.78 Å². The monoisotopic (exact) mass is 353 g/mol. The summed E-state index contributed by atoms with van der Waals surface area (Å²) in [6.45, 7) is 0. The molecule has 3 aromatic rings. The lowest BCUT2D eigenvalue weighted by Gasteiger charge is -2.09. The van der Waals surface area contributed by atoms with Gasteiger partial charge >= 0.3 is 17.5 Å². The summed E-state index contributed by atoms with van der Waals surface area (Å²) in [7, 11) is 0. The second-order valence-electron chi connectivity index (χ2n) is 4.93. The molecule has 0 spiro atoms. The van der Waals surface area contributed by atoms with E-state index in [4.69, 9.17) is 9.84 Å². The first kappa shape index (κ1) is 16.8. The maximum atomic E-state index is 11.5. The van der Waals surface area contributed by atoms with E-state index < -0.39 is 16.6 Å². The maximum absolute atomic E-state index is 11.5. The smallest absolute Gasteiger partial charge is 0.373 e. The predicted octanol–water partition coefficient (Wildman–Crippen LogP) is 3.01. The second-order valence-corrected chi connectivity index (χ2v) is 4.93. The number of anilines is 2. The Labute approximate surface area is 146 Å². The molecule has 0 amide bonds. The van der Waals surface area contributed by atoms with Crippen molar-refractivity contribution in [2.75, 3.05) is 5.32 Å². The van der Waals surface area contributed by atoms with Gasteiger partial charge in [0, 0.05) is 11.9 Å². The van der Waals surface area contributed by atoms with Crippen LogP contribution in [-0.4, -0.2) is 31.0 Å². The lowest BCUT2D eigenvalue weighted by molar-refractivity contribution is -0.385. The number of hydrogen-bond acceptors (Lipinski definition) is 8. The van der Waals surface area contributed by atoms with Gasteiger partial charge in [-0.3, -0.25) is 15.1 Å². The number of rotatable bonds is 6. The topological polar surface area (TPSA) is 140 Å². The molecule has 3 rings (SSSR count). The highest BCUT2D eigenvalue weighted by Gasteiger charge is 2.25. The molecule has 0 bridgehead atoms. The zero-order chi connectivity index (χ0) is 18.5. The Morgan fingerprint density at radius 3 is 2.58 bits per heavy atom. The van der Waals surface area contributed by atoms with Gasteiger partial charge in [-0.15, -0.1) is 0 Å². The minimum atomic E-state index is -1.07. The Morgan fingerprint density at radius 1 is 1.19 bits per heavy atom. The Morgan fingerprint density at radius 2 is 1.96 bits per heavy atom. The molecular weight excluding hydrogens is 342 g/mol. The van der Waals surface area contributed by atoms with Crippen molar-refractivity contribution in [3.8, 4) is 11.6 Å². The molecule has 0 radical (unpaired) electrons. The molecule has 0 unspecified atom stereocenters. The zero-order valence-electron chi connectivity index (χ0n) is 13.1. The van der Waals surface area contributed by atoms with Crippen LogP contribution in [0.2, 0.25) is 0 Å². The minimum absolute atomic E-state index is 0.0908. The third-order valence-electron chi connectivity index (χ3n) is 3.21. The molecule has 0 aliphatic rings. The molecule has 2 heterocycles. The lowest BCUT2D eigenvalue weighted by Crippen LogP contribution is -2.04. The van der Waals surface area contributed by atoms with Gasteiger partial charge in [0.2, 0.25) is 5.82 Å². The van der Waals surface area contributed by atoms with Gasteiger partial charge in [-0.1, -0.05) is 0 Å². The number of pyridine rings is 1. The van der Waals surface area contributed by atoms with E-state index in [1.54, 1.807) is 12.1 Å². The van der Waals surface area contributed by atoms with Crippen LogP contribution in [-0.2, 0) is 0 Å². The van der Waals surface area contributed by atoms with Crippen molar-refractivity contribution in [2.24, 2.45) is 0 Å². The standard InChI is InChI=1S/C16H11N5O5/c22-16(23)10-3-5-11(6-4-10)20-14-13(21(24)25)15(19-9-18-14)26-12-2-1-7-17-8-12/h1-9H,(H,22,23)(H,18,19,20). The van der Waals surface area contributed by atoms with Crippen LogP contribution in [0, 0.1) is 10.1 Å². The second kappa shape index (κ2) is 7.21. The first-order chi connectivity index (χ1) is 12.5. The van der Waals surface area contributed by atoms with Gasteiger partial charge < -0.3 is 15.2 Å². The summed E-state index contributed by atoms with van der Waals surface area (Å²) in [5, 5.41) is 23.2. The fraction of sp³-hybridized carbons (Fsp3) is 0. The lowest BCUT2D eigenvalue weighted by atomic mass is 10.2. The molecule has 10 heteroatoms. The number of carboxylic acid groups (broad SMARTS) is 1. The summed E-state index contributed by atoms with van der Waals surface area (Å²) in [5.41, 5.74) is 0.0520. The first-order valence-electron chi connectivity index (χ1n) is 7.22. The number of carbonyl (C=O) groups is 1. The highest BCUT2D eigenvalue weighted by molar-refractivity contribution is 5.88.